The van der Waals surface area contributed by atoms with Crippen molar-refractivity contribution in [2.45, 2.75) is 0 Å². The van der Waals surface area contributed by atoms with Crippen molar-refractivity contribution >= 4 is 29.2 Å². The summed E-state index contributed by atoms with van der Waals surface area (Å²) in [6, 6.07) is 7.99. The zero-order valence-electron chi connectivity index (χ0n) is 8.52. The number of halogens is 2. The number of carboxylic acid groups (broad SMARTS) is 1. The number of hydrogen-bond donors (Lipinski definition) is 1. The van der Waals surface area contributed by atoms with Gasteiger partial charge in [-0.1, -0.05) is 29.3 Å². The summed E-state index contributed by atoms with van der Waals surface area (Å²) in [5, 5.41) is 9.83. The minimum absolute atomic E-state index is 0.0718. The molecule has 0 fully saturated rings. The fraction of sp³-hybridized carbons (Fsp3) is 0. The first kappa shape index (κ1) is 11.9. The fourth-order valence-electron chi connectivity index (χ4n) is 1.50. The lowest BCUT2D eigenvalue weighted by molar-refractivity contribution is 0.0697. The van der Waals surface area contributed by atoms with Crippen LogP contribution >= 0.6 is 23.2 Å². The summed E-state index contributed by atoms with van der Waals surface area (Å²) in [6.07, 6.45) is 1.50. The number of aromatic nitrogens is 1. The predicted molar refractivity (Wildman–Crippen MR) is 66.7 cm³/mol. The molecule has 2 aromatic rings. The van der Waals surface area contributed by atoms with E-state index in [1.807, 2.05) is 0 Å². The Morgan fingerprint density at radius 3 is 2.35 bits per heavy atom. The maximum atomic E-state index is 11.1. The van der Waals surface area contributed by atoms with Gasteiger partial charge in [0, 0.05) is 11.8 Å². The summed E-state index contributed by atoms with van der Waals surface area (Å²) in [5.74, 6) is -1.07. The van der Waals surface area contributed by atoms with E-state index in [0.717, 1.165) is 0 Å². The van der Waals surface area contributed by atoms with Crippen molar-refractivity contribution in [2.75, 3.05) is 0 Å². The van der Waals surface area contributed by atoms with Crippen molar-refractivity contribution in [1.29, 1.82) is 0 Å². The lowest BCUT2D eigenvalue weighted by Crippen LogP contribution is -2.01. The van der Waals surface area contributed by atoms with E-state index in [2.05, 4.69) is 4.98 Å². The molecule has 0 saturated heterocycles. The predicted octanol–water partition coefficient (Wildman–Crippen LogP) is 3.75. The van der Waals surface area contributed by atoms with Crippen LogP contribution in [0.2, 0.25) is 10.0 Å². The van der Waals surface area contributed by atoms with Crippen molar-refractivity contribution in [3.63, 3.8) is 0 Å². The molecule has 1 N–H and O–H groups in total. The molecule has 0 radical (unpaired) electrons. The highest BCUT2D eigenvalue weighted by molar-refractivity contribution is 6.39. The summed E-state index contributed by atoms with van der Waals surface area (Å²) in [4.78, 5) is 15.1. The molecule has 0 unspecified atom stereocenters. The Kier molecular flexibility index (Phi) is 3.31. The van der Waals surface area contributed by atoms with Crippen molar-refractivity contribution in [3.05, 3.63) is 52.1 Å². The monoisotopic (exact) mass is 267 g/mol. The molecule has 0 spiro atoms. The normalized spacial score (nSPS) is 10.2. The Morgan fingerprint density at radius 2 is 1.76 bits per heavy atom. The molecule has 5 heteroatoms. The molecule has 0 amide bonds. The first-order valence-corrected chi connectivity index (χ1v) is 5.49. The summed E-state index contributed by atoms with van der Waals surface area (Å²) in [6.45, 7) is 0. The van der Waals surface area contributed by atoms with Crippen LogP contribution in [0.3, 0.4) is 0 Å². The highest BCUT2D eigenvalue weighted by Gasteiger charge is 2.17. The van der Waals surface area contributed by atoms with Crippen molar-refractivity contribution in [2.24, 2.45) is 0 Å². The van der Waals surface area contributed by atoms with Crippen LogP contribution in [-0.4, -0.2) is 16.1 Å². The van der Waals surface area contributed by atoms with Crippen LogP contribution in [0, 0.1) is 0 Å². The molecule has 0 bridgehead atoms. The molecule has 2 rings (SSSR count). The van der Waals surface area contributed by atoms with Crippen LogP contribution in [0.5, 0.6) is 0 Å². The molecule has 1 heterocycles. The van der Waals surface area contributed by atoms with E-state index >= 15 is 0 Å². The van der Waals surface area contributed by atoms with Gasteiger partial charge in [0.1, 0.15) is 0 Å². The molecular formula is C12H7Cl2NO2. The third-order valence-electron chi connectivity index (χ3n) is 2.24. The number of carbonyl (C=O) groups is 1. The smallest absolute Gasteiger partial charge is 0.337 e. The molecular weight excluding hydrogens is 261 g/mol. The van der Waals surface area contributed by atoms with Crippen molar-refractivity contribution in [3.8, 4) is 11.3 Å². The maximum Gasteiger partial charge on any atom is 0.337 e. The molecule has 3 nitrogen and oxygen atoms in total. The molecule has 0 aliphatic carbocycles. The topological polar surface area (TPSA) is 50.2 Å². The number of carboxylic acids is 1. The first-order chi connectivity index (χ1) is 8.11. The lowest BCUT2D eigenvalue weighted by atomic mass is 10.1. The van der Waals surface area contributed by atoms with Crippen LogP contribution in [0.1, 0.15) is 10.4 Å². The van der Waals surface area contributed by atoms with E-state index in [1.165, 1.54) is 12.3 Å². The van der Waals surface area contributed by atoms with E-state index in [9.17, 15) is 4.79 Å². The van der Waals surface area contributed by atoms with Crippen LogP contribution in [0.25, 0.3) is 11.3 Å². The number of rotatable bonds is 2. The second-order valence-electron chi connectivity index (χ2n) is 3.30. The first-order valence-electron chi connectivity index (χ1n) is 4.74. The van der Waals surface area contributed by atoms with Gasteiger partial charge in [-0.3, -0.25) is 4.98 Å². The third kappa shape index (κ3) is 2.25. The molecule has 0 aliphatic rings. The SMILES string of the molecule is O=C(O)c1cccnc1-c1c(Cl)cccc1Cl. The van der Waals surface area contributed by atoms with Gasteiger partial charge in [0.25, 0.3) is 0 Å². The van der Waals surface area contributed by atoms with E-state index < -0.39 is 5.97 Å². The Labute approximate surface area is 108 Å². The lowest BCUT2D eigenvalue weighted by Gasteiger charge is -2.08. The number of nitrogens with zero attached hydrogens (tertiary/aromatic N) is 1. The van der Waals surface area contributed by atoms with Gasteiger partial charge in [0.2, 0.25) is 0 Å². The van der Waals surface area contributed by atoms with Crippen molar-refractivity contribution < 1.29 is 9.90 Å². The van der Waals surface area contributed by atoms with Crippen molar-refractivity contribution in [1.82, 2.24) is 4.98 Å². The zero-order chi connectivity index (χ0) is 12.4. The Hall–Kier alpha value is -1.58. The Morgan fingerprint density at radius 1 is 1.12 bits per heavy atom. The quantitative estimate of drug-likeness (QED) is 0.902. The highest BCUT2D eigenvalue weighted by atomic mass is 35.5. The zero-order valence-corrected chi connectivity index (χ0v) is 10.0. The second kappa shape index (κ2) is 4.73. The average molecular weight is 268 g/mol. The standard InChI is InChI=1S/C12H7Cl2NO2/c13-8-4-1-5-9(14)10(8)11-7(12(16)17)3-2-6-15-11/h1-6H,(H,16,17). The Balaban J connectivity index is 2.73. The summed E-state index contributed by atoms with van der Waals surface area (Å²) in [7, 11) is 0. The molecule has 0 saturated carbocycles. The number of hydrogen-bond acceptors (Lipinski definition) is 2. The van der Waals surface area contributed by atoms with Gasteiger partial charge in [-0.05, 0) is 24.3 Å². The summed E-state index contributed by atoms with van der Waals surface area (Å²) >= 11 is 12.0. The maximum absolute atomic E-state index is 11.1. The van der Waals surface area contributed by atoms with Crippen LogP contribution in [-0.2, 0) is 0 Å². The van der Waals surface area contributed by atoms with Gasteiger partial charge < -0.3 is 5.11 Å². The number of benzene rings is 1. The molecule has 0 aliphatic heterocycles. The van der Waals surface area contributed by atoms with E-state index in [-0.39, 0.29) is 11.3 Å². The highest BCUT2D eigenvalue weighted by Crippen LogP contribution is 2.34. The number of aromatic carboxylic acids is 1. The minimum atomic E-state index is -1.07. The molecule has 17 heavy (non-hydrogen) atoms. The third-order valence-corrected chi connectivity index (χ3v) is 2.87. The van der Waals surface area contributed by atoms with Gasteiger partial charge >= 0.3 is 5.97 Å². The molecule has 1 aromatic carbocycles. The second-order valence-corrected chi connectivity index (χ2v) is 4.12. The van der Waals surface area contributed by atoms with Gasteiger partial charge in [0.15, 0.2) is 0 Å². The molecule has 0 atom stereocenters. The minimum Gasteiger partial charge on any atom is -0.478 e. The van der Waals surface area contributed by atoms with E-state index in [1.54, 1.807) is 24.3 Å². The molecule has 1 aromatic heterocycles. The van der Waals surface area contributed by atoms with Gasteiger partial charge in [-0.2, -0.15) is 0 Å². The van der Waals surface area contributed by atoms with Gasteiger partial charge in [-0.25, -0.2) is 4.79 Å². The molecule has 86 valence electrons. The average Bonchev–Trinajstić information content (AvgIpc) is 2.29. The largest absolute Gasteiger partial charge is 0.478 e. The van der Waals surface area contributed by atoms with Gasteiger partial charge in [0.05, 0.1) is 21.3 Å². The number of pyridine rings is 1. The van der Waals surface area contributed by atoms with Crippen LogP contribution < -0.4 is 0 Å². The Bertz CT molecular complexity index is 564. The van der Waals surface area contributed by atoms with Crippen LogP contribution in [0.15, 0.2) is 36.5 Å². The van der Waals surface area contributed by atoms with Gasteiger partial charge in [-0.15, -0.1) is 0 Å². The van der Waals surface area contributed by atoms with Crippen LogP contribution in [0.4, 0.5) is 0 Å². The van der Waals surface area contributed by atoms with E-state index in [0.29, 0.717) is 15.6 Å². The van der Waals surface area contributed by atoms with E-state index in [4.69, 9.17) is 28.3 Å². The fourth-order valence-corrected chi connectivity index (χ4v) is 2.08. The summed E-state index contributed by atoms with van der Waals surface area (Å²) in [5.41, 5.74) is 0.784. The summed E-state index contributed by atoms with van der Waals surface area (Å²) < 4.78 is 0.